The molecule has 0 fully saturated rings. The summed E-state index contributed by atoms with van der Waals surface area (Å²) < 4.78 is 9.28. The molecule has 0 aliphatic heterocycles. The molecule has 2 heteroatoms. The van der Waals surface area contributed by atoms with Gasteiger partial charge in [0, 0.05) is 26.4 Å². The van der Waals surface area contributed by atoms with Crippen LogP contribution in [0.1, 0.15) is 0 Å². The summed E-state index contributed by atoms with van der Waals surface area (Å²) in [7, 11) is 0. The fourth-order valence-electron chi connectivity index (χ4n) is 5.71. The van der Waals surface area contributed by atoms with E-state index in [4.69, 9.17) is 4.42 Å². The van der Waals surface area contributed by atoms with Gasteiger partial charge in [0.15, 0.2) is 5.58 Å². The van der Waals surface area contributed by atoms with Crippen molar-refractivity contribution in [3.05, 3.63) is 121 Å². The molecule has 0 bridgehead atoms. The predicted octanol–water partition coefficient (Wildman–Crippen LogP) is 10.4. The maximum Gasteiger partial charge on any atom is 0.152 e. The Kier molecular flexibility index (Phi) is 4.16. The number of rotatable bonds is 2. The van der Waals surface area contributed by atoms with Crippen LogP contribution in [-0.2, 0) is 0 Å². The predicted molar refractivity (Wildman–Crippen MR) is 155 cm³/mol. The summed E-state index contributed by atoms with van der Waals surface area (Å²) in [5.41, 5.74) is 4.64. The Hall–Kier alpha value is -4.40. The van der Waals surface area contributed by atoms with E-state index in [2.05, 4.69) is 121 Å². The van der Waals surface area contributed by atoms with Crippen LogP contribution >= 0.6 is 11.3 Å². The highest BCUT2D eigenvalue weighted by atomic mass is 32.1. The normalized spacial score (nSPS) is 11.9. The van der Waals surface area contributed by atoms with Crippen LogP contribution < -0.4 is 0 Å². The van der Waals surface area contributed by atoms with Crippen molar-refractivity contribution in [1.29, 1.82) is 0 Å². The summed E-state index contributed by atoms with van der Waals surface area (Å²) in [5, 5.41) is 8.60. The molecule has 6 aromatic carbocycles. The fraction of sp³-hybridized carbons (Fsp3) is 0. The molecule has 36 heavy (non-hydrogen) atoms. The Labute approximate surface area is 211 Å². The van der Waals surface area contributed by atoms with Crippen molar-refractivity contribution in [3.8, 4) is 22.5 Å². The zero-order chi connectivity index (χ0) is 23.6. The van der Waals surface area contributed by atoms with Gasteiger partial charge in [-0.15, -0.1) is 11.3 Å². The lowest BCUT2D eigenvalue weighted by Crippen LogP contribution is -1.89. The molecular weight excluding hydrogens is 456 g/mol. The standard InChI is InChI=1S/C34H20OS/c1-2-10-21(11-3-1)31-24-13-4-6-15-26(24)32(27-16-7-5-14-25(27)31)29-20-22-18-19-28-23-12-8-9-17-30(23)36-34(28)33(22)35-29/h1-20H. The molecule has 8 rings (SSSR count). The van der Waals surface area contributed by atoms with Crippen molar-refractivity contribution in [2.45, 2.75) is 0 Å². The van der Waals surface area contributed by atoms with E-state index < -0.39 is 0 Å². The van der Waals surface area contributed by atoms with Crippen molar-refractivity contribution in [3.63, 3.8) is 0 Å². The molecule has 0 amide bonds. The van der Waals surface area contributed by atoms with E-state index >= 15 is 0 Å². The summed E-state index contributed by atoms with van der Waals surface area (Å²) in [6, 6.07) is 43.4. The SMILES string of the molecule is c1ccc(-c2c3ccccc3c(-c3cc4ccc5c6ccccc6sc5c4o3)c3ccccc23)cc1. The van der Waals surface area contributed by atoms with E-state index in [0.29, 0.717) is 0 Å². The third-order valence-electron chi connectivity index (χ3n) is 7.27. The zero-order valence-corrected chi connectivity index (χ0v) is 20.2. The number of hydrogen-bond acceptors (Lipinski definition) is 2. The summed E-state index contributed by atoms with van der Waals surface area (Å²) in [6.45, 7) is 0. The van der Waals surface area contributed by atoms with Crippen LogP contribution in [-0.4, -0.2) is 0 Å². The first-order chi connectivity index (χ1) is 17.9. The molecule has 0 radical (unpaired) electrons. The number of fused-ring (bicyclic) bond motifs is 7. The van der Waals surface area contributed by atoms with Gasteiger partial charge in [-0.3, -0.25) is 0 Å². The average molecular weight is 477 g/mol. The second kappa shape index (κ2) is 7.55. The molecule has 0 atom stereocenters. The second-order valence-electron chi connectivity index (χ2n) is 9.28. The first kappa shape index (κ1) is 19.9. The molecule has 2 heterocycles. The highest BCUT2D eigenvalue weighted by molar-refractivity contribution is 7.26. The smallest absolute Gasteiger partial charge is 0.152 e. The molecule has 0 unspecified atom stereocenters. The van der Waals surface area contributed by atoms with Crippen molar-refractivity contribution in [2.75, 3.05) is 0 Å². The summed E-state index contributed by atoms with van der Waals surface area (Å²) in [6.07, 6.45) is 0. The third kappa shape index (κ3) is 2.76. The van der Waals surface area contributed by atoms with Gasteiger partial charge in [-0.1, -0.05) is 109 Å². The van der Waals surface area contributed by atoms with E-state index in [9.17, 15) is 0 Å². The van der Waals surface area contributed by atoms with Crippen molar-refractivity contribution >= 4 is 64.0 Å². The lowest BCUT2D eigenvalue weighted by atomic mass is 9.87. The van der Waals surface area contributed by atoms with Gasteiger partial charge in [0.25, 0.3) is 0 Å². The van der Waals surface area contributed by atoms with Gasteiger partial charge in [0.2, 0.25) is 0 Å². The minimum Gasteiger partial charge on any atom is -0.455 e. The lowest BCUT2D eigenvalue weighted by molar-refractivity contribution is 0.637. The maximum absolute atomic E-state index is 6.77. The molecule has 0 spiro atoms. The van der Waals surface area contributed by atoms with E-state index in [0.717, 1.165) is 22.3 Å². The van der Waals surface area contributed by atoms with Gasteiger partial charge < -0.3 is 4.42 Å². The summed E-state index contributed by atoms with van der Waals surface area (Å²) in [5.74, 6) is 0.918. The van der Waals surface area contributed by atoms with Crippen molar-refractivity contribution in [2.24, 2.45) is 0 Å². The van der Waals surface area contributed by atoms with Crippen LogP contribution in [0.4, 0.5) is 0 Å². The number of thiophene rings is 1. The molecule has 0 aliphatic rings. The lowest BCUT2D eigenvalue weighted by Gasteiger charge is -2.16. The topological polar surface area (TPSA) is 13.1 Å². The highest BCUT2D eigenvalue weighted by Gasteiger charge is 2.20. The minimum atomic E-state index is 0.918. The second-order valence-corrected chi connectivity index (χ2v) is 10.3. The van der Waals surface area contributed by atoms with Gasteiger partial charge in [-0.2, -0.15) is 0 Å². The van der Waals surface area contributed by atoms with Crippen LogP contribution in [0.5, 0.6) is 0 Å². The highest BCUT2D eigenvalue weighted by Crippen LogP contribution is 2.46. The Morgan fingerprint density at radius 2 is 1.06 bits per heavy atom. The van der Waals surface area contributed by atoms with E-state index in [-0.39, 0.29) is 0 Å². The molecule has 168 valence electrons. The van der Waals surface area contributed by atoms with Crippen LogP contribution in [0.3, 0.4) is 0 Å². The molecule has 2 aromatic heterocycles. The van der Waals surface area contributed by atoms with Gasteiger partial charge in [0.05, 0.1) is 4.70 Å². The summed E-state index contributed by atoms with van der Waals surface area (Å²) >= 11 is 1.81. The van der Waals surface area contributed by atoms with Gasteiger partial charge in [0.1, 0.15) is 5.76 Å². The number of benzene rings is 6. The Morgan fingerprint density at radius 1 is 0.472 bits per heavy atom. The molecule has 0 aliphatic carbocycles. The van der Waals surface area contributed by atoms with Crippen molar-refractivity contribution < 1.29 is 4.42 Å². The van der Waals surface area contributed by atoms with Crippen LogP contribution in [0.25, 0.3) is 75.1 Å². The van der Waals surface area contributed by atoms with Crippen molar-refractivity contribution in [1.82, 2.24) is 0 Å². The summed E-state index contributed by atoms with van der Waals surface area (Å²) in [4.78, 5) is 0. The largest absolute Gasteiger partial charge is 0.455 e. The van der Waals surface area contributed by atoms with Crippen LogP contribution in [0.15, 0.2) is 126 Å². The van der Waals surface area contributed by atoms with Crippen LogP contribution in [0.2, 0.25) is 0 Å². The monoisotopic (exact) mass is 476 g/mol. The Balaban J connectivity index is 1.50. The fourth-order valence-corrected chi connectivity index (χ4v) is 6.91. The molecule has 0 saturated carbocycles. The molecule has 8 aromatic rings. The zero-order valence-electron chi connectivity index (χ0n) is 19.4. The average Bonchev–Trinajstić information content (AvgIpc) is 3.53. The first-order valence-corrected chi connectivity index (χ1v) is 13.0. The minimum absolute atomic E-state index is 0.918. The number of furan rings is 1. The quantitative estimate of drug-likeness (QED) is 0.226. The van der Waals surface area contributed by atoms with E-state index in [1.807, 2.05) is 11.3 Å². The number of hydrogen-bond donors (Lipinski definition) is 0. The Morgan fingerprint density at radius 3 is 1.75 bits per heavy atom. The van der Waals surface area contributed by atoms with Crippen LogP contribution in [0, 0.1) is 0 Å². The van der Waals surface area contributed by atoms with E-state index in [1.165, 1.54) is 52.8 Å². The molecule has 0 N–H and O–H groups in total. The first-order valence-electron chi connectivity index (χ1n) is 12.2. The van der Waals surface area contributed by atoms with Gasteiger partial charge in [-0.25, -0.2) is 0 Å². The van der Waals surface area contributed by atoms with Gasteiger partial charge in [-0.05, 0) is 44.8 Å². The molecule has 1 nitrogen and oxygen atoms in total. The Bertz CT molecular complexity index is 2040. The van der Waals surface area contributed by atoms with Gasteiger partial charge >= 0.3 is 0 Å². The van der Waals surface area contributed by atoms with E-state index in [1.54, 1.807) is 0 Å². The third-order valence-corrected chi connectivity index (χ3v) is 8.46. The maximum atomic E-state index is 6.77. The molecule has 0 saturated heterocycles. The molecular formula is C34H20OS.